The summed E-state index contributed by atoms with van der Waals surface area (Å²) in [5.41, 5.74) is 0.511. The van der Waals surface area contributed by atoms with Gasteiger partial charge in [0.1, 0.15) is 5.78 Å². The molecule has 0 radical (unpaired) electrons. The fraction of sp³-hybridized carbons (Fsp3) is 0.556. The molecule has 3 aliphatic rings. The average molecular weight is 284 g/mol. The van der Waals surface area contributed by atoms with Crippen LogP contribution in [0.5, 0.6) is 0 Å². The Hall–Kier alpha value is -1.64. The van der Waals surface area contributed by atoms with Crippen molar-refractivity contribution in [3.05, 3.63) is 35.9 Å². The van der Waals surface area contributed by atoms with E-state index in [0.29, 0.717) is 12.2 Å². The van der Waals surface area contributed by atoms with E-state index < -0.39 is 5.41 Å². The van der Waals surface area contributed by atoms with Crippen LogP contribution in [-0.2, 0) is 19.7 Å². The van der Waals surface area contributed by atoms with Crippen molar-refractivity contribution >= 4 is 11.8 Å². The second kappa shape index (κ2) is 4.19. The van der Waals surface area contributed by atoms with Gasteiger partial charge in [0.2, 0.25) is 0 Å². The topological polar surface area (TPSA) is 43.4 Å². The smallest absolute Gasteiger partial charge is 0.316 e. The molecule has 3 fully saturated rings. The van der Waals surface area contributed by atoms with Crippen LogP contribution in [0.3, 0.4) is 0 Å². The summed E-state index contributed by atoms with van der Waals surface area (Å²) in [5.74, 6) is 0.431. The lowest BCUT2D eigenvalue weighted by Gasteiger charge is -2.32. The van der Waals surface area contributed by atoms with E-state index in [4.69, 9.17) is 4.74 Å². The summed E-state index contributed by atoms with van der Waals surface area (Å²) in [6.07, 6.45) is 4.42. The van der Waals surface area contributed by atoms with Gasteiger partial charge in [-0.15, -0.1) is 0 Å². The van der Waals surface area contributed by atoms with Crippen molar-refractivity contribution in [1.82, 2.24) is 0 Å². The van der Waals surface area contributed by atoms with Crippen LogP contribution < -0.4 is 0 Å². The summed E-state index contributed by atoms with van der Waals surface area (Å²) in [7, 11) is 1.47. The van der Waals surface area contributed by atoms with Crippen molar-refractivity contribution in [2.45, 2.75) is 37.5 Å². The van der Waals surface area contributed by atoms with Crippen molar-refractivity contribution in [2.24, 2.45) is 17.3 Å². The molecule has 0 aliphatic heterocycles. The van der Waals surface area contributed by atoms with E-state index in [0.717, 1.165) is 31.2 Å². The van der Waals surface area contributed by atoms with Crippen LogP contribution in [-0.4, -0.2) is 18.9 Å². The fourth-order valence-electron chi connectivity index (χ4n) is 5.16. The predicted molar refractivity (Wildman–Crippen MR) is 77.6 cm³/mol. The lowest BCUT2D eigenvalue weighted by atomic mass is 9.70. The van der Waals surface area contributed by atoms with Crippen LogP contribution in [0.1, 0.15) is 37.7 Å². The molecule has 3 nitrogen and oxygen atoms in total. The van der Waals surface area contributed by atoms with Gasteiger partial charge in [0.15, 0.2) is 0 Å². The molecule has 0 N–H and O–H groups in total. The maximum absolute atomic E-state index is 12.8. The Morgan fingerprint density at radius 2 is 1.95 bits per heavy atom. The van der Waals surface area contributed by atoms with E-state index in [1.165, 1.54) is 7.11 Å². The van der Waals surface area contributed by atoms with Gasteiger partial charge in [-0.3, -0.25) is 9.59 Å². The van der Waals surface area contributed by atoms with Crippen molar-refractivity contribution < 1.29 is 14.3 Å². The number of hydrogen-bond donors (Lipinski definition) is 0. The highest BCUT2D eigenvalue weighted by atomic mass is 16.5. The highest BCUT2D eigenvalue weighted by Crippen LogP contribution is 2.72. The van der Waals surface area contributed by atoms with Gasteiger partial charge in [0, 0.05) is 12.3 Å². The molecule has 1 aromatic carbocycles. The number of benzene rings is 1. The molecule has 3 atom stereocenters. The normalized spacial score (nSPS) is 35.8. The SMILES string of the molecule is COC(=O)[C@]1(c2ccccc2)CC2(CC2)[C@H]2C(=O)CC[C@H]21. The molecule has 0 heterocycles. The third kappa shape index (κ3) is 1.55. The van der Waals surface area contributed by atoms with Crippen LogP contribution >= 0.6 is 0 Å². The molecule has 110 valence electrons. The Kier molecular flexibility index (Phi) is 2.60. The zero-order valence-corrected chi connectivity index (χ0v) is 12.3. The quantitative estimate of drug-likeness (QED) is 0.784. The summed E-state index contributed by atoms with van der Waals surface area (Å²) in [6.45, 7) is 0. The Balaban J connectivity index is 1.89. The van der Waals surface area contributed by atoms with Gasteiger partial charge >= 0.3 is 5.97 Å². The van der Waals surface area contributed by atoms with E-state index in [1.807, 2.05) is 30.3 Å². The summed E-state index contributed by atoms with van der Waals surface area (Å²) in [4.78, 5) is 25.2. The molecule has 21 heavy (non-hydrogen) atoms. The minimum atomic E-state index is -0.608. The number of carbonyl (C=O) groups excluding carboxylic acids is 2. The van der Waals surface area contributed by atoms with E-state index in [1.54, 1.807) is 0 Å². The number of fused-ring (bicyclic) bond motifs is 2. The van der Waals surface area contributed by atoms with Crippen molar-refractivity contribution in [2.75, 3.05) is 7.11 Å². The second-order valence-corrected chi connectivity index (χ2v) is 6.96. The molecule has 3 heteroatoms. The number of methoxy groups -OCH3 is 1. The van der Waals surface area contributed by atoms with Gasteiger partial charge in [-0.2, -0.15) is 0 Å². The highest BCUT2D eigenvalue weighted by molar-refractivity contribution is 5.92. The van der Waals surface area contributed by atoms with E-state index in [2.05, 4.69) is 0 Å². The van der Waals surface area contributed by atoms with Gasteiger partial charge in [0.05, 0.1) is 12.5 Å². The lowest BCUT2D eigenvalue weighted by molar-refractivity contribution is -0.149. The summed E-state index contributed by atoms with van der Waals surface area (Å²) in [6, 6.07) is 9.97. The van der Waals surface area contributed by atoms with Crippen LogP contribution in [0.15, 0.2) is 30.3 Å². The molecular weight excluding hydrogens is 264 g/mol. The maximum Gasteiger partial charge on any atom is 0.316 e. The lowest BCUT2D eigenvalue weighted by Crippen LogP contribution is -2.41. The molecule has 3 aliphatic carbocycles. The molecule has 0 saturated heterocycles. The van der Waals surface area contributed by atoms with E-state index in [9.17, 15) is 9.59 Å². The first-order valence-corrected chi connectivity index (χ1v) is 7.81. The summed E-state index contributed by atoms with van der Waals surface area (Å²) < 4.78 is 5.21. The number of esters is 1. The molecule has 0 amide bonds. The number of carbonyl (C=O) groups is 2. The highest BCUT2D eigenvalue weighted by Gasteiger charge is 2.72. The predicted octanol–water partition coefficient (Wildman–Crippen LogP) is 2.88. The van der Waals surface area contributed by atoms with Crippen LogP contribution in [0.25, 0.3) is 0 Å². The summed E-state index contributed by atoms with van der Waals surface area (Å²) in [5, 5.41) is 0. The standard InChI is InChI=1S/C18H20O3/c1-21-16(20)18(12-5-3-2-4-6-12)11-17(9-10-17)15-13(18)7-8-14(15)19/h2-6,13,15H,7-11H2,1H3/t13-,15-,18+/m1/s1. The largest absolute Gasteiger partial charge is 0.468 e. The zero-order chi connectivity index (χ0) is 14.7. The van der Waals surface area contributed by atoms with E-state index in [-0.39, 0.29) is 23.2 Å². The molecule has 0 aromatic heterocycles. The molecular formula is C18H20O3. The van der Waals surface area contributed by atoms with Crippen LogP contribution in [0, 0.1) is 17.3 Å². The maximum atomic E-state index is 12.8. The molecule has 3 saturated carbocycles. The van der Waals surface area contributed by atoms with Crippen molar-refractivity contribution in [3.8, 4) is 0 Å². The van der Waals surface area contributed by atoms with Crippen LogP contribution in [0.2, 0.25) is 0 Å². The first kappa shape index (κ1) is 13.1. The Labute approximate surface area is 124 Å². The van der Waals surface area contributed by atoms with Gasteiger partial charge < -0.3 is 4.74 Å². The Bertz CT molecular complexity index is 602. The van der Waals surface area contributed by atoms with E-state index >= 15 is 0 Å². The van der Waals surface area contributed by atoms with Crippen molar-refractivity contribution in [1.29, 1.82) is 0 Å². The average Bonchev–Trinajstić information content (AvgIpc) is 3.07. The third-order valence-electron chi connectivity index (χ3n) is 6.11. The fourth-order valence-corrected chi connectivity index (χ4v) is 5.16. The number of rotatable bonds is 2. The van der Waals surface area contributed by atoms with Gasteiger partial charge in [-0.25, -0.2) is 0 Å². The minimum absolute atomic E-state index is 0.0804. The number of hydrogen-bond acceptors (Lipinski definition) is 3. The molecule has 0 bridgehead atoms. The number of Topliss-reactive ketones (excluding diaryl/α,β-unsaturated/α-hetero) is 1. The minimum Gasteiger partial charge on any atom is -0.468 e. The van der Waals surface area contributed by atoms with Gasteiger partial charge in [0.25, 0.3) is 0 Å². The van der Waals surface area contributed by atoms with Crippen molar-refractivity contribution in [3.63, 3.8) is 0 Å². The Morgan fingerprint density at radius 1 is 1.24 bits per heavy atom. The zero-order valence-electron chi connectivity index (χ0n) is 12.3. The molecule has 1 spiro atoms. The second-order valence-electron chi connectivity index (χ2n) is 6.96. The first-order chi connectivity index (χ1) is 10.1. The Morgan fingerprint density at radius 3 is 2.57 bits per heavy atom. The monoisotopic (exact) mass is 284 g/mol. The van der Waals surface area contributed by atoms with Gasteiger partial charge in [-0.05, 0) is 42.6 Å². The molecule has 1 aromatic rings. The van der Waals surface area contributed by atoms with Gasteiger partial charge in [-0.1, -0.05) is 30.3 Å². The molecule has 0 unspecified atom stereocenters. The number of ketones is 1. The summed E-state index contributed by atoms with van der Waals surface area (Å²) >= 11 is 0. The molecule has 4 rings (SSSR count). The van der Waals surface area contributed by atoms with Crippen LogP contribution in [0.4, 0.5) is 0 Å². The number of ether oxygens (including phenoxy) is 1. The third-order valence-corrected chi connectivity index (χ3v) is 6.11. The first-order valence-electron chi connectivity index (χ1n) is 7.81.